The number of rotatable bonds is 5. The van der Waals surface area contributed by atoms with Crippen molar-refractivity contribution in [2.45, 2.75) is 32.7 Å². The number of benzene rings is 2. The van der Waals surface area contributed by atoms with E-state index in [0.29, 0.717) is 17.3 Å². The lowest BCUT2D eigenvalue weighted by molar-refractivity contribution is -0.123. The van der Waals surface area contributed by atoms with E-state index in [-0.39, 0.29) is 17.9 Å². The minimum Gasteiger partial charge on any atom is -0.483 e. The van der Waals surface area contributed by atoms with Gasteiger partial charge in [0.2, 0.25) is 0 Å². The summed E-state index contributed by atoms with van der Waals surface area (Å²) in [5.41, 5.74) is 2.14. The lowest BCUT2D eigenvalue weighted by Crippen LogP contribution is -2.28. The highest BCUT2D eigenvalue weighted by Crippen LogP contribution is 2.31. The standard InChI is InChI=1S/C19H21BrClNO2/c1-19(2,3)14-8-9-17(15(20)10-14)24-12-18(23)22-11-13-6-4-5-7-16(13)21/h4-10H,11-12H2,1-3H3,(H,22,23). The number of nitrogens with one attached hydrogen (secondary N) is 1. The SMILES string of the molecule is CC(C)(C)c1ccc(OCC(=O)NCc2ccccc2Cl)c(Br)c1. The van der Waals surface area contributed by atoms with Crippen molar-refractivity contribution in [3.05, 3.63) is 63.1 Å². The second-order valence-corrected chi connectivity index (χ2v) is 7.81. The van der Waals surface area contributed by atoms with Crippen LogP contribution < -0.4 is 10.1 Å². The van der Waals surface area contributed by atoms with Crippen LogP contribution in [0.5, 0.6) is 5.75 Å². The van der Waals surface area contributed by atoms with E-state index in [1.165, 1.54) is 5.56 Å². The van der Waals surface area contributed by atoms with Crippen LogP contribution in [0.15, 0.2) is 46.9 Å². The van der Waals surface area contributed by atoms with Gasteiger partial charge in [0.25, 0.3) is 5.91 Å². The second-order valence-electron chi connectivity index (χ2n) is 6.55. The number of carbonyl (C=O) groups excluding carboxylic acids is 1. The summed E-state index contributed by atoms with van der Waals surface area (Å²) in [6.07, 6.45) is 0. The number of hydrogen-bond acceptors (Lipinski definition) is 2. The number of amides is 1. The van der Waals surface area contributed by atoms with Crippen molar-refractivity contribution < 1.29 is 9.53 Å². The van der Waals surface area contributed by atoms with Gasteiger partial charge in [-0.3, -0.25) is 4.79 Å². The maximum atomic E-state index is 11.9. The number of halogens is 2. The maximum Gasteiger partial charge on any atom is 0.258 e. The molecule has 24 heavy (non-hydrogen) atoms. The fourth-order valence-corrected chi connectivity index (χ4v) is 2.81. The minimum atomic E-state index is -0.193. The average Bonchev–Trinajstić information content (AvgIpc) is 2.52. The summed E-state index contributed by atoms with van der Waals surface area (Å²) in [7, 11) is 0. The largest absolute Gasteiger partial charge is 0.483 e. The van der Waals surface area contributed by atoms with E-state index in [2.05, 4.69) is 42.0 Å². The van der Waals surface area contributed by atoms with Crippen LogP contribution in [0.25, 0.3) is 0 Å². The molecule has 2 rings (SSSR count). The lowest BCUT2D eigenvalue weighted by Gasteiger charge is -2.20. The molecule has 5 heteroatoms. The Hall–Kier alpha value is -1.52. The van der Waals surface area contributed by atoms with Crippen molar-refractivity contribution in [3.8, 4) is 5.75 Å². The van der Waals surface area contributed by atoms with E-state index in [4.69, 9.17) is 16.3 Å². The third-order valence-electron chi connectivity index (χ3n) is 3.59. The monoisotopic (exact) mass is 409 g/mol. The highest BCUT2D eigenvalue weighted by atomic mass is 79.9. The van der Waals surface area contributed by atoms with Crippen LogP contribution in [0.2, 0.25) is 5.02 Å². The normalized spacial score (nSPS) is 11.2. The fraction of sp³-hybridized carbons (Fsp3) is 0.316. The minimum absolute atomic E-state index is 0.0437. The molecule has 0 saturated carbocycles. The van der Waals surface area contributed by atoms with E-state index in [1.54, 1.807) is 6.07 Å². The third kappa shape index (κ3) is 5.25. The van der Waals surface area contributed by atoms with Crippen molar-refractivity contribution >= 4 is 33.4 Å². The number of carbonyl (C=O) groups is 1. The van der Waals surface area contributed by atoms with Crippen LogP contribution in [0.4, 0.5) is 0 Å². The van der Waals surface area contributed by atoms with Gasteiger partial charge in [0.05, 0.1) is 4.47 Å². The molecule has 2 aromatic carbocycles. The van der Waals surface area contributed by atoms with Gasteiger partial charge in [-0.15, -0.1) is 0 Å². The molecule has 0 heterocycles. The third-order valence-corrected chi connectivity index (χ3v) is 4.58. The summed E-state index contributed by atoms with van der Waals surface area (Å²) in [5, 5.41) is 3.44. The molecule has 3 nitrogen and oxygen atoms in total. The zero-order valence-electron chi connectivity index (χ0n) is 14.0. The first-order valence-corrected chi connectivity index (χ1v) is 8.87. The Morgan fingerprint density at radius 2 is 1.92 bits per heavy atom. The molecule has 0 aliphatic rings. The molecule has 0 spiro atoms. The Bertz CT molecular complexity index is 726. The molecule has 0 aliphatic heterocycles. The quantitative estimate of drug-likeness (QED) is 0.745. The first kappa shape index (κ1) is 18.8. The Morgan fingerprint density at radius 3 is 2.54 bits per heavy atom. The van der Waals surface area contributed by atoms with Crippen LogP contribution >= 0.6 is 27.5 Å². The molecule has 0 atom stereocenters. The maximum absolute atomic E-state index is 11.9. The van der Waals surface area contributed by atoms with Crippen LogP contribution in [-0.2, 0) is 16.8 Å². The lowest BCUT2D eigenvalue weighted by atomic mass is 9.87. The molecule has 0 unspecified atom stereocenters. The van der Waals surface area contributed by atoms with Gasteiger partial charge in [-0.05, 0) is 50.7 Å². The fourth-order valence-electron chi connectivity index (χ4n) is 2.11. The zero-order chi connectivity index (χ0) is 17.7. The molecule has 1 amide bonds. The summed E-state index contributed by atoms with van der Waals surface area (Å²) in [6, 6.07) is 13.3. The molecule has 0 bridgehead atoms. The summed E-state index contributed by atoms with van der Waals surface area (Å²) in [6.45, 7) is 6.79. The van der Waals surface area contributed by atoms with E-state index in [0.717, 1.165) is 10.0 Å². The van der Waals surface area contributed by atoms with Gasteiger partial charge in [0, 0.05) is 11.6 Å². The molecule has 0 aromatic heterocycles. The Labute approximate surface area is 156 Å². The summed E-state index contributed by atoms with van der Waals surface area (Å²) in [5.74, 6) is 0.456. The molecule has 1 N–H and O–H groups in total. The van der Waals surface area contributed by atoms with Gasteiger partial charge < -0.3 is 10.1 Å². The Morgan fingerprint density at radius 1 is 1.21 bits per heavy atom. The first-order valence-electron chi connectivity index (χ1n) is 7.70. The molecule has 128 valence electrons. The van der Waals surface area contributed by atoms with Crippen molar-refractivity contribution in [2.24, 2.45) is 0 Å². The molecular formula is C19H21BrClNO2. The molecule has 0 aliphatic carbocycles. The molecule has 2 aromatic rings. The van der Waals surface area contributed by atoms with Crippen LogP contribution in [-0.4, -0.2) is 12.5 Å². The highest BCUT2D eigenvalue weighted by molar-refractivity contribution is 9.10. The summed E-state index contributed by atoms with van der Waals surface area (Å²) in [4.78, 5) is 11.9. The van der Waals surface area contributed by atoms with E-state index >= 15 is 0 Å². The predicted molar refractivity (Wildman–Crippen MR) is 102 cm³/mol. The molecule has 0 saturated heterocycles. The van der Waals surface area contributed by atoms with Crippen molar-refractivity contribution in [1.82, 2.24) is 5.32 Å². The topological polar surface area (TPSA) is 38.3 Å². The summed E-state index contributed by atoms with van der Waals surface area (Å²) < 4.78 is 6.43. The Balaban J connectivity index is 1.89. The number of hydrogen-bond donors (Lipinski definition) is 1. The zero-order valence-corrected chi connectivity index (χ0v) is 16.4. The summed E-state index contributed by atoms with van der Waals surface area (Å²) >= 11 is 9.57. The van der Waals surface area contributed by atoms with Gasteiger partial charge in [0.1, 0.15) is 5.75 Å². The van der Waals surface area contributed by atoms with Crippen molar-refractivity contribution in [2.75, 3.05) is 6.61 Å². The van der Waals surface area contributed by atoms with Crippen LogP contribution in [0, 0.1) is 0 Å². The van der Waals surface area contributed by atoms with Crippen molar-refractivity contribution in [3.63, 3.8) is 0 Å². The highest BCUT2D eigenvalue weighted by Gasteiger charge is 2.15. The van der Waals surface area contributed by atoms with Gasteiger partial charge >= 0.3 is 0 Å². The van der Waals surface area contributed by atoms with Crippen molar-refractivity contribution in [1.29, 1.82) is 0 Å². The van der Waals surface area contributed by atoms with Gasteiger partial charge in [-0.2, -0.15) is 0 Å². The molecule has 0 radical (unpaired) electrons. The first-order chi connectivity index (χ1) is 11.3. The van der Waals surface area contributed by atoms with Crippen LogP contribution in [0.3, 0.4) is 0 Å². The Kier molecular flexibility index (Phi) is 6.30. The average molecular weight is 411 g/mol. The smallest absolute Gasteiger partial charge is 0.258 e. The van der Waals surface area contributed by atoms with Gasteiger partial charge in [-0.25, -0.2) is 0 Å². The number of ether oxygens (including phenoxy) is 1. The van der Waals surface area contributed by atoms with Gasteiger partial charge in [-0.1, -0.05) is 56.6 Å². The molecular weight excluding hydrogens is 390 g/mol. The van der Waals surface area contributed by atoms with E-state index in [1.807, 2.05) is 36.4 Å². The van der Waals surface area contributed by atoms with E-state index < -0.39 is 0 Å². The van der Waals surface area contributed by atoms with Gasteiger partial charge in [0.15, 0.2) is 6.61 Å². The predicted octanol–water partition coefficient (Wildman–Crippen LogP) is 5.10. The second kappa shape index (κ2) is 8.04. The van der Waals surface area contributed by atoms with E-state index in [9.17, 15) is 4.79 Å². The molecule has 0 fully saturated rings. The van der Waals surface area contributed by atoms with Crippen LogP contribution in [0.1, 0.15) is 31.9 Å².